The minimum Gasteiger partial charge on any atom is -0.309 e. The van der Waals surface area contributed by atoms with Crippen molar-refractivity contribution in [2.45, 2.75) is 6.92 Å². The Morgan fingerprint density at radius 3 is 1.11 bits per heavy atom. The summed E-state index contributed by atoms with van der Waals surface area (Å²) in [6, 6.07) is 90.4. The fourth-order valence-electron chi connectivity index (χ4n) is 12.1. The number of fused-ring (bicyclic) bond motifs is 17. The number of hydrogen-bond acceptors (Lipinski definition) is 0. The van der Waals surface area contributed by atoms with Gasteiger partial charge in [-0.3, -0.25) is 0 Å². The molecule has 0 saturated heterocycles. The van der Waals surface area contributed by atoms with Gasteiger partial charge in [0, 0.05) is 49.1 Å². The zero-order valence-corrected chi connectivity index (χ0v) is 38.4. The van der Waals surface area contributed by atoms with Crippen LogP contribution in [0.15, 0.2) is 243 Å². The van der Waals surface area contributed by atoms with E-state index in [0.717, 1.165) is 33.7 Å². The number of aryl methyl sites for hydroxylation is 1. The van der Waals surface area contributed by atoms with Gasteiger partial charge in [0.2, 0.25) is 0 Å². The van der Waals surface area contributed by atoms with Crippen molar-refractivity contribution in [3.05, 3.63) is 248 Å². The standard InChI is InChI=1S/C67H43N3/c1-42-34-36-65-57(38-42)52-26-10-13-29-60(52)68(65)43-35-37-66-58(39-43)53-27-11-16-32-63(53)69(66)64-33-17-12-28-54(64)59-40-55-48-22-6-4-20-46(48)44-18-2-3-19-45(44)47-21-5-7-23-49(47)56(55)41-67(59)70-61-30-14-8-24-50(61)51-25-9-15-31-62(51)70/h2-41H,1H3. The van der Waals surface area contributed by atoms with Crippen molar-refractivity contribution in [2.24, 2.45) is 0 Å². The van der Waals surface area contributed by atoms with Gasteiger partial charge >= 0.3 is 0 Å². The summed E-state index contributed by atoms with van der Waals surface area (Å²) in [5.74, 6) is 0. The molecule has 0 aliphatic heterocycles. The first-order valence-corrected chi connectivity index (χ1v) is 24.3. The molecule has 0 bridgehead atoms. The van der Waals surface area contributed by atoms with Crippen LogP contribution < -0.4 is 0 Å². The molecule has 1 aliphatic rings. The summed E-state index contributed by atoms with van der Waals surface area (Å²) in [7, 11) is 0. The summed E-state index contributed by atoms with van der Waals surface area (Å²) in [6.07, 6.45) is 0. The molecule has 0 radical (unpaired) electrons. The lowest BCUT2D eigenvalue weighted by molar-refractivity contribution is 1.15. The zero-order chi connectivity index (χ0) is 46.0. The smallest absolute Gasteiger partial charge is 0.0547 e. The summed E-state index contributed by atoms with van der Waals surface area (Å²) < 4.78 is 7.46. The largest absolute Gasteiger partial charge is 0.309 e. The summed E-state index contributed by atoms with van der Waals surface area (Å²) >= 11 is 0. The van der Waals surface area contributed by atoms with Gasteiger partial charge in [-0.05, 0) is 124 Å². The van der Waals surface area contributed by atoms with Gasteiger partial charge in [-0.15, -0.1) is 0 Å². The van der Waals surface area contributed by atoms with Crippen molar-refractivity contribution in [1.82, 2.24) is 13.7 Å². The second-order valence-corrected chi connectivity index (χ2v) is 18.9. The minimum atomic E-state index is 1.13. The van der Waals surface area contributed by atoms with Crippen LogP contribution in [0.3, 0.4) is 0 Å². The van der Waals surface area contributed by atoms with Gasteiger partial charge in [0.05, 0.1) is 44.5 Å². The van der Waals surface area contributed by atoms with Gasteiger partial charge in [0.25, 0.3) is 0 Å². The van der Waals surface area contributed by atoms with Crippen LogP contribution in [0.1, 0.15) is 5.56 Å². The number of hydrogen-bond donors (Lipinski definition) is 0. The zero-order valence-electron chi connectivity index (χ0n) is 38.4. The van der Waals surface area contributed by atoms with Crippen LogP contribution in [0, 0.1) is 6.92 Å². The molecular weight excluding hydrogens is 847 g/mol. The summed E-state index contributed by atoms with van der Waals surface area (Å²) in [6.45, 7) is 2.18. The number of aromatic nitrogens is 3. The highest BCUT2D eigenvalue weighted by molar-refractivity contribution is 6.14. The Morgan fingerprint density at radius 2 is 0.571 bits per heavy atom. The third kappa shape index (κ3) is 5.52. The SMILES string of the molecule is Cc1ccc2c(c1)c1ccccc1n2-c1ccc2c(c1)c1ccccc1n2-c1ccccc1-c1cc2c(cc1-n1c3ccccc3c3ccccc31)-c1ccccc1-c1ccccc1-c1ccccc1-2. The Kier molecular flexibility index (Phi) is 8.28. The average molecular weight is 890 g/mol. The molecule has 0 spiro atoms. The molecular formula is C67H43N3. The molecule has 0 atom stereocenters. The lowest BCUT2D eigenvalue weighted by Crippen LogP contribution is -2.04. The fourth-order valence-corrected chi connectivity index (χ4v) is 12.1. The Morgan fingerprint density at radius 1 is 0.214 bits per heavy atom. The van der Waals surface area contributed by atoms with E-state index >= 15 is 0 Å². The molecule has 15 rings (SSSR count). The van der Waals surface area contributed by atoms with E-state index in [4.69, 9.17) is 0 Å². The highest BCUT2D eigenvalue weighted by atomic mass is 15.0. The number of rotatable bonds is 4. The van der Waals surface area contributed by atoms with E-state index in [1.807, 2.05) is 0 Å². The molecule has 3 heterocycles. The first kappa shape index (κ1) is 38.9. The van der Waals surface area contributed by atoms with Crippen LogP contribution in [0.2, 0.25) is 0 Å². The predicted molar refractivity (Wildman–Crippen MR) is 295 cm³/mol. The van der Waals surface area contributed by atoms with Gasteiger partial charge in [0.1, 0.15) is 0 Å². The van der Waals surface area contributed by atoms with Crippen molar-refractivity contribution in [2.75, 3.05) is 0 Å². The Hall–Kier alpha value is -9.18. The third-order valence-corrected chi connectivity index (χ3v) is 15.1. The molecule has 14 aromatic rings. The molecule has 0 saturated carbocycles. The average Bonchev–Trinajstić information content (AvgIpc) is 4.05. The van der Waals surface area contributed by atoms with Crippen LogP contribution in [0.25, 0.3) is 138 Å². The molecule has 3 aromatic heterocycles. The van der Waals surface area contributed by atoms with Crippen molar-refractivity contribution in [3.63, 3.8) is 0 Å². The van der Waals surface area contributed by atoms with Gasteiger partial charge in [0.15, 0.2) is 0 Å². The van der Waals surface area contributed by atoms with Crippen molar-refractivity contribution in [1.29, 1.82) is 0 Å². The van der Waals surface area contributed by atoms with E-state index in [2.05, 4.69) is 263 Å². The maximum absolute atomic E-state index is 2.52. The maximum Gasteiger partial charge on any atom is 0.0547 e. The number of para-hydroxylation sites is 5. The molecule has 326 valence electrons. The van der Waals surface area contributed by atoms with Gasteiger partial charge in [-0.1, -0.05) is 175 Å². The third-order valence-electron chi connectivity index (χ3n) is 15.1. The Bertz CT molecular complexity index is 4440. The number of nitrogens with zero attached hydrogens (tertiary/aromatic N) is 3. The molecule has 11 aromatic carbocycles. The molecule has 3 heteroatoms. The molecule has 0 N–H and O–H groups in total. The van der Waals surface area contributed by atoms with Gasteiger partial charge < -0.3 is 13.7 Å². The van der Waals surface area contributed by atoms with Crippen molar-refractivity contribution in [3.8, 4) is 72.7 Å². The van der Waals surface area contributed by atoms with Gasteiger partial charge in [-0.2, -0.15) is 0 Å². The lowest BCUT2D eigenvalue weighted by atomic mass is 9.79. The van der Waals surface area contributed by atoms with Crippen LogP contribution in [0.4, 0.5) is 0 Å². The van der Waals surface area contributed by atoms with Crippen LogP contribution in [-0.4, -0.2) is 13.7 Å². The molecule has 70 heavy (non-hydrogen) atoms. The lowest BCUT2D eigenvalue weighted by Gasteiger charge is -2.26. The highest BCUT2D eigenvalue weighted by Gasteiger charge is 2.27. The minimum absolute atomic E-state index is 1.13. The summed E-state index contributed by atoms with van der Waals surface area (Å²) in [5, 5.41) is 7.45. The molecule has 0 amide bonds. The van der Waals surface area contributed by atoms with E-state index in [0.29, 0.717) is 0 Å². The highest BCUT2D eigenvalue weighted by Crippen LogP contribution is 2.51. The second kappa shape index (κ2) is 14.9. The summed E-state index contributed by atoms with van der Waals surface area (Å²) in [4.78, 5) is 0. The first-order valence-electron chi connectivity index (χ1n) is 24.3. The van der Waals surface area contributed by atoms with Crippen LogP contribution in [-0.2, 0) is 0 Å². The monoisotopic (exact) mass is 889 g/mol. The van der Waals surface area contributed by atoms with Crippen LogP contribution >= 0.6 is 0 Å². The van der Waals surface area contributed by atoms with Crippen LogP contribution in [0.5, 0.6) is 0 Å². The topological polar surface area (TPSA) is 14.8 Å². The predicted octanol–water partition coefficient (Wildman–Crippen LogP) is 17.9. The van der Waals surface area contributed by atoms with E-state index in [1.54, 1.807) is 0 Å². The molecule has 1 aliphatic carbocycles. The second-order valence-electron chi connectivity index (χ2n) is 18.9. The Labute approximate surface area is 405 Å². The van der Waals surface area contributed by atoms with Crippen molar-refractivity contribution >= 4 is 65.4 Å². The number of benzene rings is 11. The van der Waals surface area contributed by atoms with Crippen molar-refractivity contribution < 1.29 is 0 Å². The first-order chi connectivity index (χ1) is 34.7. The molecule has 0 unspecified atom stereocenters. The van der Waals surface area contributed by atoms with E-state index in [1.165, 1.54) is 110 Å². The van der Waals surface area contributed by atoms with E-state index < -0.39 is 0 Å². The van der Waals surface area contributed by atoms with Gasteiger partial charge in [-0.25, -0.2) is 0 Å². The normalized spacial score (nSPS) is 12.1. The Balaban J connectivity index is 1.05. The fraction of sp³-hybridized carbons (Fsp3) is 0.0149. The van der Waals surface area contributed by atoms with E-state index in [-0.39, 0.29) is 0 Å². The molecule has 0 fully saturated rings. The maximum atomic E-state index is 2.52. The molecule has 3 nitrogen and oxygen atoms in total. The van der Waals surface area contributed by atoms with E-state index in [9.17, 15) is 0 Å². The quantitative estimate of drug-likeness (QED) is 0.167. The summed E-state index contributed by atoms with van der Waals surface area (Å²) in [5.41, 5.74) is 23.9.